The first kappa shape index (κ1) is 17.2. The fourth-order valence-electron chi connectivity index (χ4n) is 1.44. The Labute approximate surface area is 111 Å². The Hall–Kier alpha value is -1.83. The molecule has 8 heteroatoms. The van der Waals surface area contributed by atoms with Crippen molar-refractivity contribution in [1.82, 2.24) is 10.6 Å². The molecule has 0 unspecified atom stereocenters. The molecule has 19 heavy (non-hydrogen) atoms. The van der Waals surface area contributed by atoms with Crippen molar-refractivity contribution in [1.29, 1.82) is 0 Å². The van der Waals surface area contributed by atoms with Crippen molar-refractivity contribution in [2.45, 2.75) is 38.3 Å². The van der Waals surface area contributed by atoms with E-state index in [-0.39, 0.29) is 19.4 Å². The molecule has 0 saturated heterocycles. The minimum Gasteiger partial charge on any atom is -0.480 e. The average Bonchev–Trinajstić information content (AvgIpc) is 2.22. The molecule has 3 amide bonds. The van der Waals surface area contributed by atoms with Crippen molar-refractivity contribution in [2.75, 3.05) is 13.7 Å². The molecule has 1 atom stereocenters. The molecule has 5 N–H and O–H groups in total. The second kappa shape index (κ2) is 7.57. The number of aliphatic carboxylic acids is 1. The third-order valence-corrected chi connectivity index (χ3v) is 2.24. The van der Waals surface area contributed by atoms with E-state index in [1.54, 1.807) is 13.8 Å². The number of rotatable bonds is 8. The van der Waals surface area contributed by atoms with Gasteiger partial charge in [0.05, 0.1) is 12.1 Å². The molecule has 0 rings (SSSR count). The number of amides is 3. The van der Waals surface area contributed by atoms with E-state index >= 15 is 0 Å². The summed E-state index contributed by atoms with van der Waals surface area (Å²) in [5, 5.41) is 13.8. The highest BCUT2D eigenvalue weighted by molar-refractivity contribution is 5.83. The summed E-state index contributed by atoms with van der Waals surface area (Å²) in [7, 11) is 1.49. The Balaban J connectivity index is 4.39. The zero-order valence-electron chi connectivity index (χ0n) is 11.4. The molecule has 0 bridgehead atoms. The summed E-state index contributed by atoms with van der Waals surface area (Å²) >= 11 is 0. The highest BCUT2D eigenvalue weighted by atomic mass is 16.5. The van der Waals surface area contributed by atoms with Crippen molar-refractivity contribution in [3.63, 3.8) is 0 Å². The maximum atomic E-state index is 11.6. The zero-order valence-corrected chi connectivity index (χ0v) is 11.4. The van der Waals surface area contributed by atoms with Crippen molar-refractivity contribution in [3.8, 4) is 0 Å². The van der Waals surface area contributed by atoms with Crippen LogP contribution in [-0.2, 0) is 14.3 Å². The van der Waals surface area contributed by atoms with Crippen molar-refractivity contribution < 1.29 is 24.2 Å². The van der Waals surface area contributed by atoms with E-state index in [0.29, 0.717) is 0 Å². The number of ether oxygens (including phenoxy) is 1. The first-order valence-electron chi connectivity index (χ1n) is 5.76. The molecule has 0 fully saturated rings. The monoisotopic (exact) mass is 275 g/mol. The van der Waals surface area contributed by atoms with Crippen molar-refractivity contribution >= 4 is 17.9 Å². The van der Waals surface area contributed by atoms with Gasteiger partial charge in [-0.1, -0.05) is 0 Å². The van der Waals surface area contributed by atoms with E-state index in [9.17, 15) is 14.4 Å². The van der Waals surface area contributed by atoms with Gasteiger partial charge in [0.25, 0.3) is 0 Å². The second-order valence-corrected chi connectivity index (χ2v) is 4.81. The van der Waals surface area contributed by atoms with E-state index in [0.717, 1.165) is 0 Å². The standard InChI is InChI=1S/C11H21N3O5/c1-11(2,6-19-3)14-10(18)13-7(9(16)17)4-5-8(12)15/h7H,4-6H2,1-3H3,(H2,12,15)(H,16,17)(H2,13,14,18)/t7-/m0/s1. The SMILES string of the molecule is COCC(C)(C)NC(=O)N[C@@H](CCC(N)=O)C(=O)O. The van der Waals surface area contributed by atoms with E-state index in [1.165, 1.54) is 7.11 Å². The molecule has 0 aliphatic carbocycles. The van der Waals surface area contributed by atoms with Crippen LogP contribution in [0.25, 0.3) is 0 Å². The minimum absolute atomic E-state index is 0.0528. The maximum Gasteiger partial charge on any atom is 0.326 e. The van der Waals surface area contributed by atoms with E-state index in [2.05, 4.69) is 10.6 Å². The number of carbonyl (C=O) groups is 3. The average molecular weight is 275 g/mol. The number of nitrogens with two attached hydrogens (primary N) is 1. The molecule has 0 aliphatic rings. The molecular weight excluding hydrogens is 254 g/mol. The predicted molar refractivity (Wildman–Crippen MR) is 67.5 cm³/mol. The highest BCUT2D eigenvalue weighted by Crippen LogP contribution is 2.03. The molecule has 0 aromatic rings. The maximum absolute atomic E-state index is 11.6. The van der Waals surface area contributed by atoms with Crippen LogP contribution in [-0.4, -0.2) is 48.3 Å². The van der Waals surface area contributed by atoms with E-state index < -0.39 is 29.5 Å². The van der Waals surface area contributed by atoms with Gasteiger partial charge < -0.3 is 26.2 Å². The number of methoxy groups -OCH3 is 1. The molecule has 0 heterocycles. The predicted octanol–water partition coefficient (Wildman–Crippen LogP) is -0.571. The van der Waals surface area contributed by atoms with Crippen molar-refractivity contribution in [3.05, 3.63) is 0 Å². The van der Waals surface area contributed by atoms with Crippen molar-refractivity contribution in [2.24, 2.45) is 5.73 Å². The largest absolute Gasteiger partial charge is 0.480 e. The summed E-state index contributed by atoms with van der Waals surface area (Å²) in [5.41, 5.74) is 4.30. The number of carboxylic acids is 1. The van der Waals surface area contributed by atoms with Gasteiger partial charge in [-0.05, 0) is 20.3 Å². The lowest BCUT2D eigenvalue weighted by Crippen LogP contribution is -2.54. The Morgan fingerprint density at radius 1 is 1.37 bits per heavy atom. The summed E-state index contributed by atoms with van der Waals surface area (Å²) in [5.74, 6) is -1.84. The molecule has 0 aromatic carbocycles. The number of carboxylic acid groups (broad SMARTS) is 1. The lowest BCUT2D eigenvalue weighted by molar-refractivity contribution is -0.139. The van der Waals surface area contributed by atoms with Gasteiger partial charge in [0.15, 0.2) is 0 Å². The summed E-state index contributed by atoms with van der Waals surface area (Å²) in [6.45, 7) is 3.74. The van der Waals surface area contributed by atoms with Gasteiger partial charge in [-0.15, -0.1) is 0 Å². The van der Waals surface area contributed by atoms with Crippen LogP contribution in [0.3, 0.4) is 0 Å². The van der Waals surface area contributed by atoms with Gasteiger partial charge in [-0.3, -0.25) is 4.79 Å². The Kier molecular flexibility index (Phi) is 6.84. The zero-order chi connectivity index (χ0) is 15.1. The number of hydrogen-bond donors (Lipinski definition) is 4. The van der Waals surface area contributed by atoms with Crippen LogP contribution in [0.1, 0.15) is 26.7 Å². The summed E-state index contributed by atoms with van der Waals surface area (Å²) in [6, 6.07) is -1.80. The fraction of sp³-hybridized carbons (Fsp3) is 0.727. The normalized spacial score (nSPS) is 12.6. The lowest BCUT2D eigenvalue weighted by Gasteiger charge is -2.26. The van der Waals surface area contributed by atoms with Gasteiger partial charge in [-0.2, -0.15) is 0 Å². The fourth-order valence-corrected chi connectivity index (χ4v) is 1.44. The van der Waals surface area contributed by atoms with Crippen LogP contribution in [0.15, 0.2) is 0 Å². The van der Waals surface area contributed by atoms with Crippen LogP contribution in [0, 0.1) is 0 Å². The van der Waals surface area contributed by atoms with Gasteiger partial charge >= 0.3 is 12.0 Å². The van der Waals surface area contributed by atoms with Gasteiger partial charge in [0.1, 0.15) is 6.04 Å². The lowest BCUT2D eigenvalue weighted by atomic mass is 10.1. The molecular formula is C11H21N3O5. The number of nitrogens with one attached hydrogen (secondary N) is 2. The number of hydrogen-bond acceptors (Lipinski definition) is 4. The number of carbonyl (C=O) groups excluding carboxylic acids is 2. The Morgan fingerprint density at radius 2 is 1.95 bits per heavy atom. The third kappa shape index (κ3) is 7.98. The quantitative estimate of drug-likeness (QED) is 0.471. The van der Waals surface area contributed by atoms with Crippen LogP contribution in [0.5, 0.6) is 0 Å². The second-order valence-electron chi connectivity index (χ2n) is 4.81. The minimum atomic E-state index is -1.22. The highest BCUT2D eigenvalue weighted by Gasteiger charge is 2.24. The summed E-state index contributed by atoms with van der Waals surface area (Å²) in [4.78, 5) is 33.2. The Bertz CT molecular complexity index is 343. The van der Waals surface area contributed by atoms with Gasteiger partial charge in [0.2, 0.25) is 5.91 Å². The topological polar surface area (TPSA) is 131 Å². The summed E-state index contributed by atoms with van der Waals surface area (Å²) < 4.78 is 4.92. The molecule has 0 saturated carbocycles. The van der Waals surface area contributed by atoms with Crippen LogP contribution < -0.4 is 16.4 Å². The first-order chi connectivity index (χ1) is 8.68. The molecule has 110 valence electrons. The van der Waals surface area contributed by atoms with Gasteiger partial charge in [-0.25, -0.2) is 9.59 Å². The molecule has 0 radical (unpaired) electrons. The van der Waals surface area contributed by atoms with Crippen LogP contribution >= 0.6 is 0 Å². The van der Waals surface area contributed by atoms with Crippen LogP contribution in [0.4, 0.5) is 4.79 Å². The number of primary amides is 1. The smallest absolute Gasteiger partial charge is 0.326 e. The summed E-state index contributed by atoms with van der Waals surface area (Å²) in [6.07, 6.45) is -0.165. The van der Waals surface area contributed by atoms with Gasteiger partial charge in [0, 0.05) is 13.5 Å². The third-order valence-electron chi connectivity index (χ3n) is 2.24. The molecule has 0 aliphatic heterocycles. The molecule has 0 aromatic heterocycles. The van der Waals surface area contributed by atoms with E-state index in [4.69, 9.17) is 15.6 Å². The molecule has 8 nitrogen and oxygen atoms in total. The number of urea groups is 1. The first-order valence-corrected chi connectivity index (χ1v) is 5.76. The molecule has 0 spiro atoms. The Morgan fingerprint density at radius 3 is 2.37 bits per heavy atom. The van der Waals surface area contributed by atoms with E-state index in [1.807, 2.05) is 0 Å². The van der Waals surface area contributed by atoms with Crippen LogP contribution in [0.2, 0.25) is 0 Å².